The highest BCUT2D eigenvalue weighted by Gasteiger charge is 2.24. The SMILES string of the molecule is CCCNC(c1ccc(CC)s1)c1c(F)ccc(Br)c1F. The molecule has 1 N–H and O–H groups in total. The second-order valence-electron chi connectivity index (χ2n) is 4.80. The monoisotopic (exact) mass is 373 g/mol. The van der Waals surface area contributed by atoms with Gasteiger partial charge >= 0.3 is 0 Å². The van der Waals surface area contributed by atoms with Gasteiger partial charge in [-0.1, -0.05) is 13.8 Å². The van der Waals surface area contributed by atoms with Crippen LogP contribution < -0.4 is 5.32 Å². The molecule has 1 atom stereocenters. The Bertz CT molecular complexity index is 612. The first-order valence-electron chi connectivity index (χ1n) is 7.03. The average molecular weight is 374 g/mol. The highest BCUT2D eigenvalue weighted by atomic mass is 79.9. The Hall–Kier alpha value is -0.780. The Morgan fingerprint density at radius 1 is 1.19 bits per heavy atom. The van der Waals surface area contributed by atoms with Crippen LogP contribution in [0.4, 0.5) is 8.78 Å². The molecule has 1 heterocycles. The number of rotatable bonds is 6. The summed E-state index contributed by atoms with van der Waals surface area (Å²) in [6.07, 6.45) is 1.83. The first-order valence-corrected chi connectivity index (χ1v) is 8.64. The summed E-state index contributed by atoms with van der Waals surface area (Å²) in [5.74, 6) is -1.05. The maximum atomic E-state index is 14.4. The average Bonchev–Trinajstić information content (AvgIpc) is 2.95. The zero-order valence-corrected chi connectivity index (χ0v) is 14.5. The van der Waals surface area contributed by atoms with Crippen LogP contribution >= 0.6 is 27.3 Å². The third-order valence-corrected chi connectivity index (χ3v) is 5.19. The fraction of sp³-hybridized carbons (Fsp3) is 0.375. The second-order valence-corrected chi connectivity index (χ2v) is 6.86. The minimum Gasteiger partial charge on any atom is -0.305 e. The molecule has 114 valence electrons. The van der Waals surface area contributed by atoms with E-state index >= 15 is 0 Å². The Morgan fingerprint density at radius 2 is 1.95 bits per heavy atom. The van der Waals surface area contributed by atoms with Gasteiger partial charge in [0.05, 0.1) is 10.5 Å². The minimum atomic E-state index is -0.532. The first-order chi connectivity index (χ1) is 10.1. The van der Waals surface area contributed by atoms with Crippen LogP contribution in [0, 0.1) is 11.6 Å². The van der Waals surface area contributed by atoms with Crippen LogP contribution in [0.5, 0.6) is 0 Å². The quantitative estimate of drug-likeness (QED) is 0.664. The van der Waals surface area contributed by atoms with E-state index in [0.717, 1.165) is 17.7 Å². The van der Waals surface area contributed by atoms with E-state index in [1.807, 2.05) is 19.1 Å². The lowest BCUT2D eigenvalue weighted by Crippen LogP contribution is -2.24. The van der Waals surface area contributed by atoms with Crippen molar-refractivity contribution in [2.24, 2.45) is 0 Å². The van der Waals surface area contributed by atoms with Gasteiger partial charge < -0.3 is 5.32 Å². The molecule has 1 aromatic carbocycles. The summed E-state index contributed by atoms with van der Waals surface area (Å²) in [5, 5.41) is 3.26. The Balaban J connectivity index is 2.47. The number of hydrogen-bond donors (Lipinski definition) is 1. The normalized spacial score (nSPS) is 12.6. The maximum absolute atomic E-state index is 14.4. The van der Waals surface area contributed by atoms with Crippen LogP contribution in [0.15, 0.2) is 28.7 Å². The van der Waals surface area contributed by atoms with Crippen LogP contribution in [0.2, 0.25) is 0 Å². The van der Waals surface area contributed by atoms with Crippen LogP contribution in [-0.4, -0.2) is 6.54 Å². The van der Waals surface area contributed by atoms with Gasteiger partial charge in [-0.3, -0.25) is 0 Å². The van der Waals surface area contributed by atoms with Gasteiger partial charge in [0, 0.05) is 15.3 Å². The van der Waals surface area contributed by atoms with E-state index in [1.54, 1.807) is 11.3 Å². The Morgan fingerprint density at radius 3 is 2.57 bits per heavy atom. The maximum Gasteiger partial charge on any atom is 0.145 e. The van der Waals surface area contributed by atoms with Crippen molar-refractivity contribution in [2.75, 3.05) is 6.54 Å². The van der Waals surface area contributed by atoms with Crippen molar-refractivity contribution >= 4 is 27.3 Å². The summed E-state index contributed by atoms with van der Waals surface area (Å²) in [5.41, 5.74) is 0.0855. The van der Waals surface area contributed by atoms with Gasteiger partial charge in [0.25, 0.3) is 0 Å². The molecule has 0 amide bonds. The molecule has 2 rings (SSSR count). The first kappa shape index (κ1) is 16.6. The largest absolute Gasteiger partial charge is 0.305 e. The van der Waals surface area contributed by atoms with Gasteiger partial charge in [0.2, 0.25) is 0 Å². The number of aryl methyl sites for hydroxylation is 1. The van der Waals surface area contributed by atoms with Crippen LogP contribution in [-0.2, 0) is 6.42 Å². The summed E-state index contributed by atoms with van der Waals surface area (Å²) in [6.45, 7) is 4.81. The number of hydrogen-bond acceptors (Lipinski definition) is 2. The molecule has 0 fully saturated rings. The number of nitrogens with one attached hydrogen (secondary N) is 1. The van der Waals surface area contributed by atoms with E-state index in [2.05, 4.69) is 28.2 Å². The molecule has 1 unspecified atom stereocenters. The van der Waals surface area contributed by atoms with Crippen molar-refractivity contribution in [1.82, 2.24) is 5.32 Å². The summed E-state index contributed by atoms with van der Waals surface area (Å²) in [7, 11) is 0. The number of thiophene rings is 1. The minimum absolute atomic E-state index is 0.0855. The molecule has 2 aromatic rings. The van der Waals surface area contributed by atoms with Gasteiger partial charge in [0.1, 0.15) is 11.6 Å². The zero-order valence-electron chi connectivity index (χ0n) is 12.1. The Labute approximate surface area is 136 Å². The highest BCUT2D eigenvalue weighted by Crippen LogP contribution is 2.34. The summed E-state index contributed by atoms with van der Waals surface area (Å²) < 4.78 is 28.9. The second kappa shape index (κ2) is 7.47. The summed E-state index contributed by atoms with van der Waals surface area (Å²) in [6, 6.07) is 6.23. The van der Waals surface area contributed by atoms with Crippen molar-refractivity contribution in [2.45, 2.75) is 32.7 Å². The van der Waals surface area contributed by atoms with Gasteiger partial charge in [-0.2, -0.15) is 0 Å². The number of halogens is 3. The predicted molar refractivity (Wildman–Crippen MR) is 87.9 cm³/mol. The van der Waals surface area contributed by atoms with E-state index in [-0.39, 0.29) is 10.0 Å². The molecule has 0 saturated carbocycles. The summed E-state index contributed by atoms with van der Waals surface area (Å²) >= 11 is 4.74. The van der Waals surface area contributed by atoms with Crippen LogP contribution in [0.25, 0.3) is 0 Å². The molecule has 0 bridgehead atoms. The van der Waals surface area contributed by atoms with Crippen molar-refractivity contribution in [1.29, 1.82) is 0 Å². The molecule has 1 aromatic heterocycles. The van der Waals surface area contributed by atoms with Crippen molar-refractivity contribution < 1.29 is 8.78 Å². The van der Waals surface area contributed by atoms with E-state index in [4.69, 9.17) is 0 Å². The Kier molecular flexibility index (Phi) is 5.90. The molecule has 0 spiro atoms. The lowest BCUT2D eigenvalue weighted by Gasteiger charge is -2.19. The molecule has 5 heteroatoms. The fourth-order valence-corrected chi connectivity index (χ4v) is 3.56. The molecule has 0 aliphatic heterocycles. The van der Waals surface area contributed by atoms with E-state index in [9.17, 15) is 8.78 Å². The molecule has 0 aliphatic carbocycles. The van der Waals surface area contributed by atoms with E-state index in [0.29, 0.717) is 6.54 Å². The molecular formula is C16H18BrF2NS. The number of benzene rings is 1. The standard InChI is InChI=1S/C16H18BrF2NS/c1-3-9-20-16(13-8-5-10(4-2)21-13)14-12(18)7-6-11(17)15(14)19/h5-8,16,20H,3-4,9H2,1-2H3. The third-order valence-electron chi connectivity index (χ3n) is 3.28. The topological polar surface area (TPSA) is 12.0 Å². The lowest BCUT2D eigenvalue weighted by atomic mass is 10.0. The molecule has 1 nitrogen and oxygen atoms in total. The molecule has 0 radical (unpaired) electrons. The van der Waals surface area contributed by atoms with Gasteiger partial charge in [0.15, 0.2) is 0 Å². The van der Waals surface area contributed by atoms with Crippen LogP contribution in [0.1, 0.15) is 41.6 Å². The summed E-state index contributed by atoms with van der Waals surface area (Å²) in [4.78, 5) is 2.15. The third kappa shape index (κ3) is 3.71. The smallest absolute Gasteiger partial charge is 0.145 e. The van der Waals surface area contributed by atoms with Crippen molar-refractivity contribution in [3.05, 3.63) is 55.7 Å². The van der Waals surface area contributed by atoms with Crippen molar-refractivity contribution in [3.8, 4) is 0 Å². The zero-order chi connectivity index (χ0) is 15.4. The molecular weight excluding hydrogens is 356 g/mol. The highest BCUT2D eigenvalue weighted by molar-refractivity contribution is 9.10. The van der Waals surface area contributed by atoms with Gasteiger partial charge in [-0.15, -0.1) is 11.3 Å². The van der Waals surface area contributed by atoms with E-state index < -0.39 is 17.7 Å². The fourth-order valence-electron chi connectivity index (χ4n) is 2.18. The predicted octanol–water partition coefficient (Wildman–Crippen LogP) is 5.44. The molecule has 0 saturated heterocycles. The van der Waals surface area contributed by atoms with Crippen LogP contribution in [0.3, 0.4) is 0 Å². The van der Waals surface area contributed by atoms with Gasteiger partial charge in [-0.25, -0.2) is 8.78 Å². The lowest BCUT2D eigenvalue weighted by molar-refractivity contribution is 0.503. The van der Waals surface area contributed by atoms with E-state index in [1.165, 1.54) is 17.0 Å². The molecule has 21 heavy (non-hydrogen) atoms. The van der Waals surface area contributed by atoms with Crippen molar-refractivity contribution in [3.63, 3.8) is 0 Å². The van der Waals surface area contributed by atoms with Gasteiger partial charge in [-0.05, 0) is 59.6 Å². The molecule has 0 aliphatic rings.